The van der Waals surface area contributed by atoms with Crippen LogP contribution in [0.5, 0.6) is 0 Å². The number of hydrogen-bond donors (Lipinski definition) is 3. The van der Waals surface area contributed by atoms with E-state index in [2.05, 4.69) is 14.8 Å². The topological polar surface area (TPSA) is 105 Å². The third-order valence-corrected chi connectivity index (χ3v) is 5.75. The SMILES string of the molecule is COC(=O)Nc1ccc(S(=O)(=O)NC[C@@H](O)c2ccc(SC)cc2)cc1. The van der Waals surface area contributed by atoms with Gasteiger partial charge in [0.1, 0.15) is 0 Å². The summed E-state index contributed by atoms with van der Waals surface area (Å²) in [5.41, 5.74) is 1.04. The second-order valence-corrected chi connectivity index (χ2v) is 7.93. The van der Waals surface area contributed by atoms with Gasteiger partial charge in [0.2, 0.25) is 10.0 Å². The number of thioether (sulfide) groups is 1. The molecule has 0 heterocycles. The largest absolute Gasteiger partial charge is 0.453 e. The first-order valence-electron chi connectivity index (χ1n) is 7.62. The lowest BCUT2D eigenvalue weighted by molar-refractivity contribution is 0.182. The summed E-state index contributed by atoms with van der Waals surface area (Å²) in [4.78, 5) is 12.2. The van der Waals surface area contributed by atoms with Crippen molar-refractivity contribution in [2.45, 2.75) is 15.9 Å². The van der Waals surface area contributed by atoms with Crippen molar-refractivity contribution in [2.75, 3.05) is 25.2 Å². The van der Waals surface area contributed by atoms with Crippen LogP contribution in [0.3, 0.4) is 0 Å². The first-order chi connectivity index (χ1) is 12.4. The minimum Gasteiger partial charge on any atom is -0.453 e. The summed E-state index contributed by atoms with van der Waals surface area (Å²) in [6.07, 6.45) is 0.348. The molecule has 0 aliphatic heterocycles. The van der Waals surface area contributed by atoms with E-state index in [-0.39, 0.29) is 11.4 Å². The minimum atomic E-state index is -3.79. The van der Waals surface area contributed by atoms with Gasteiger partial charge in [-0.2, -0.15) is 0 Å². The number of hydrogen-bond acceptors (Lipinski definition) is 6. The van der Waals surface area contributed by atoms with Crippen molar-refractivity contribution in [1.82, 2.24) is 4.72 Å². The number of carbonyl (C=O) groups is 1. The van der Waals surface area contributed by atoms with Gasteiger partial charge in [0.25, 0.3) is 0 Å². The van der Waals surface area contributed by atoms with Gasteiger partial charge in [-0.15, -0.1) is 11.8 Å². The average Bonchev–Trinajstić information content (AvgIpc) is 2.66. The van der Waals surface area contributed by atoms with E-state index in [0.717, 1.165) is 4.90 Å². The molecule has 0 radical (unpaired) electrons. The van der Waals surface area contributed by atoms with Crippen LogP contribution in [-0.2, 0) is 14.8 Å². The number of sulfonamides is 1. The van der Waals surface area contributed by atoms with Crippen molar-refractivity contribution in [3.05, 3.63) is 54.1 Å². The van der Waals surface area contributed by atoms with Crippen molar-refractivity contribution >= 4 is 33.6 Å². The quantitative estimate of drug-likeness (QED) is 0.622. The highest BCUT2D eigenvalue weighted by molar-refractivity contribution is 7.98. The Morgan fingerprint density at radius 2 is 1.77 bits per heavy atom. The number of rotatable bonds is 7. The maximum atomic E-state index is 12.3. The third kappa shape index (κ3) is 5.46. The van der Waals surface area contributed by atoms with Gasteiger partial charge in [-0.25, -0.2) is 17.9 Å². The average molecular weight is 396 g/mol. The van der Waals surface area contributed by atoms with Crippen LogP contribution in [-0.4, -0.2) is 39.5 Å². The van der Waals surface area contributed by atoms with Crippen LogP contribution in [0.15, 0.2) is 58.3 Å². The Hall–Kier alpha value is -2.07. The molecule has 26 heavy (non-hydrogen) atoms. The molecule has 0 unspecified atom stereocenters. The van der Waals surface area contributed by atoms with Gasteiger partial charge in [-0.05, 0) is 48.2 Å². The van der Waals surface area contributed by atoms with Crippen LogP contribution in [0.4, 0.5) is 10.5 Å². The summed E-state index contributed by atoms with van der Waals surface area (Å²) in [6, 6.07) is 12.9. The highest BCUT2D eigenvalue weighted by Gasteiger charge is 2.17. The Balaban J connectivity index is 1.99. The molecular formula is C17H20N2O5S2. The van der Waals surface area contributed by atoms with Gasteiger partial charge < -0.3 is 9.84 Å². The van der Waals surface area contributed by atoms with Crippen molar-refractivity contribution < 1.29 is 23.1 Å². The second-order valence-electron chi connectivity index (χ2n) is 5.28. The Morgan fingerprint density at radius 1 is 1.15 bits per heavy atom. The molecule has 0 aliphatic rings. The van der Waals surface area contributed by atoms with Gasteiger partial charge in [0.05, 0.1) is 18.1 Å². The first kappa shape index (κ1) is 20.2. The van der Waals surface area contributed by atoms with E-state index in [0.29, 0.717) is 11.3 Å². The lowest BCUT2D eigenvalue weighted by atomic mass is 10.1. The Labute approximate surface area is 156 Å². The van der Waals surface area contributed by atoms with Crippen molar-refractivity contribution in [3.63, 3.8) is 0 Å². The third-order valence-electron chi connectivity index (χ3n) is 3.56. The van der Waals surface area contributed by atoms with Gasteiger partial charge in [0, 0.05) is 17.1 Å². The molecule has 1 atom stereocenters. The minimum absolute atomic E-state index is 0.0258. The zero-order chi connectivity index (χ0) is 19.2. The number of ether oxygens (including phenoxy) is 1. The number of aliphatic hydroxyl groups excluding tert-OH is 1. The van der Waals surface area contributed by atoms with E-state index >= 15 is 0 Å². The highest BCUT2D eigenvalue weighted by atomic mass is 32.2. The van der Waals surface area contributed by atoms with Gasteiger partial charge in [-0.3, -0.25) is 5.32 Å². The summed E-state index contributed by atoms with van der Waals surface area (Å²) in [7, 11) is -2.55. The van der Waals surface area contributed by atoms with E-state index in [9.17, 15) is 18.3 Å². The van der Waals surface area contributed by atoms with Crippen molar-refractivity contribution in [1.29, 1.82) is 0 Å². The Morgan fingerprint density at radius 3 is 2.31 bits per heavy atom. The van der Waals surface area contributed by atoms with Gasteiger partial charge in [0.15, 0.2) is 0 Å². The molecule has 0 aromatic heterocycles. The number of nitrogens with one attached hydrogen (secondary N) is 2. The second kappa shape index (κ2) is 9.04. The van der Waals surface area contributed by atoms with Crippen LogP contribution in [0.1, 0.15) is 11.7 Å². The fourth-order valence-electron chi connectivity index (χ4n) is 2.10. The molecule has 0 saturated heterocycles. The number of carbonyl (C=O) groups excluding carboxylic acids is 1. The predicted octanol–water partition coefficient (Wildman–Crippen LogP) is 2.60. The fraction of sp³-hybridized carbons (Fsp3) is 0.235. The van der Waals surface area contributed by atoms with E-state index in [1.807, 2.05) is 18.4 Å². The van der Waals surface area contributed by atoms with E-state index in [4.69, 9.17) is 0 Å². The number of benzene rings is 2. The van der Waals surface area contributed by atoms with E-state index in [1.54, 1.807) is 23.9 Å². The molecule has 7 nitrogen and oxygen atoms in total. The summed E-state index contributed by atoms with van der Waals surface area (Å²) in [5, 5.41) is 12.6. The Kier molecular flexibility index (Phi) is 7.04. The molecule has 2 aromatic carbocycles. The van der Waals surface area contributed by atoms with Gasteiger partial charge >= 0.3 is 6.09 Å². The molecule has 3 N–H and O–H groups in total. The summed E-state index contributed by atoms with van der Waals surface area (Å²) < 4.78 is 31.5. The molecule has 2 aromatic rings. The molecule has 0 spiro atoms. The van der Waals surface area contributed by atoms with Crippen molar-refractivity contribution in [2.24, 2.45) is 0 Å². The molecular weight excluding hydrogens is 376 g/mol. The number of amides is 1. The number of aliphatic hydroxyl groups is 1. The van der Waals surface area contributed by atoms with Crippen LogP contribution in [0, 0.1) is 0 Å². The molecule has 9 heteroatoms. The maximum absolute atomic E-state index is 12.3. The van der Waals surface area contributed by atoms with Crippen LogP contribution >= 0.6 is 11.8 Å². The molecule has 2 rings (SSSR count). The molecule has 0 saturated carbocycles. The predicted molar refractivity (Wildman–Crippen MR) is 101 cm³/mol. The van der Waals surface area contributed by atoms with Crippen LogP contribution < -0.4 is 10.0 Å². The van der Waals surface area contributed by atoms with E-state index < -0.39 is 22.2 Å². The maximum Gasteiger partial charge on any atom is 0.411 e. The standard InChI is InChI=1S/C17H20N2O5S2/c1-24-17(21)19-13-5-9-15(10-6-13)26(22,23)18-11-16(20)12-3-7-14(25-2)8-4-12/h3-10,16,18,20H,11H2,1-2H3,(H,19,21)/t16-/m1/s1. The van der Waals surface area contributed by atoms with Crippen LogP contribution in [0.25, 0.3) is 0 Å². The zero-order valence-electron chi connectivity index (χ0n) is 14.3. The summed E-state index contributed by atoms with van der Waals surface area (Å²) in [6.45, 7) is -0.150. The van der Waals surface area contributed by atoms with E-state index in [1.165, 1.54) is 31.4 Å². The van der Waals surface area contributed by atoms with Gasteiger partial charge in [-0.1, -0.05) is 12.1 Å². The Bertz CT molecular complexity index is 836. The number of anilines is 1. The lowest BCUT2D eigenvalue weighted by Crippen LogP contribution is -2.28. The highest BCUT2D eigenvalue weighted by Crippen LogP contribution is 2.19. The normalized spacial score (nSPS) is 12.4. The summed E-state index contributed by atoms with van der Waals surface area (Å²) >= 11 is 1.58. The monoisotopic (exact) mass is 396 g/mol. The lowest BCUT2D eigenvalue weighted by Gasteiger charge is -2.13. The first-order valence-corrected chi connectivity index (χ1v) is 10.3. The molecule has 0 aliphatic carbocycles. The van der Waals surface area contributed by atoms with Crippen LogP contribution in [0.2, 0.25) is 0 Å². The fourth-order valence-corrected chi connectivity index (χ4v) is 3.55. The molecule has 140 valence electrons. The van der Waals surface area contributed by atoms with Crippen molar-refractivity contribution in [3.8, 4) is 0 Å². The summed E-state index contributed by atoms with van der Waals surface area (Å²) in [5.74, 6) is 0. The zero-order valence-corrected chi connectivity index (χ0v) is 15.9. The smallest absolute Gasteiger partial charge is 0.411 e. The molecule has 0 bridgehead atoms. The number of methoxy groups -OCH3 is 1. The molecule has 1 amide bonds. The molecule has 0 fully saturated rings.